The van der Waals surface area contributed by atoms with Crippen molar-refractivity contribution in [2.24, 2.45) is 0 Å². The number of nitrogens with zero attached hydrogens (tertiary/aromatic N) is 2. The van der Waals surface area contributed by atoms with Crippen LogP contribution in [0, 0.1) is 0 Å². The minimum absolute atomic E-state index is 0.0260. The summed E-state index contributed by atoms with van der Waals surface area (Å²) >= 11 is 0. The fourth-order valence-corrected chi connectivity index (χ4v) is 1.56. The van der Waals surface area contributed by atoms with Gasteiger partial charge in [0.05, 0.1) is 0 Å². The smallest absolute Gasteiger partial charge is 0.216 e. The molecule has 0 saturated heterocycles. The van der Waals surface area contributed by atoms with Crippen LogP contribution in [0.4, 0.5) is 0 Å². The molecule has 0 spiro atoms. The Hall–Kier alpha value is -1.32. The molecule has 0 aliphatic heterocycles. The number of hydrogen-bond acceptors (Lipinski definition) is 2. The van der Waals surface area contributed by atoms with Crippen molar-refractivity contribution in [1.82, 2.24) is 14.9 Å². The molecule has 4 heteroatoms. The molecule has 0 aromatic carbocycles. The summed E-state index contributed by atoms with van der Waals surface area (Å²) in [6, 6.07) is 0. The second kappa shape index (κ2) is 3.82. The van der Waals surface area contributed by atoms with Gasteiger partial charge in [0.2, 0.25) is 5.91 Å². The van der Waals surface area contributed by atoms with Gasteiger partial charge in [0, 0.05) is 38.3 Å². The average Bonchev–Trinajstić information content (AvgIpc) is 2.87. The number of aromatic nitrogens is 2. The monoisotopic (exact) mass is 193 g/mol. The van der Waals surface area contributed by atoms with Crippen LogP contribution in [0.2, 0.25) is 0 Å². The van der Waals surface area contributed by atoms with E-state index >= 15 is 0 Å². The minimum Gasteiger partial charge on any atom is -0.355 e. The molecule has 1 aromatic heterocycles. The first-order valence-electron chi connectivity index (χ1n) is 5.03. The van der Waals surface area contributed by atoms with E-state index in [0.717, 1.165) is 6.54 Å². The van der Waals surface area contributed by atoms with Crippen molar-refractivity contribution in [1.29, 1.82) is 0 Å². The molecule has 1 aliphatic rings. The first kappa shape index (κ1) is 9.24. The molecule has 0 bridgehead atoms. The van der Waals surface area contributed by atoms with E-state index in [1.807, 2.05) is 12.4 Å². The van der Waals surface area contributed by atoms with E-state index in [0.29, 0.717) is 12.5 Å². The van der Waals surface area contributed by atoms with Gasteiger partial charge in [-0.1, -0.05) is 0 Å². The van der Waals surface area contributed by atoms with Crippen LogP contribution in [0.25, 0.3) is 0 Å². The molecule has 0 radical (unpaired) electrons. The number of amides is 1. The zero-order valence-corrected chi connectivity index (χ0v) is 8.36. The Morgan fingerprint density at radius 1 is 1.71 bits per heavy atom. The maximum Gasteiger partial charge on any atom is 0.216 e. The van der Waals surface area contributed by atoms with E-state index < -0.39 is 0 Å². The van der Waals surface area contributed by atoms with Crippen LogP contribution >= 0.6 is 0 Å². The van der Waals surface area contributed by atoms with Crippen molar-refractivity contribution in [2.75, 3.05) is 6.54 Å². The summed E-state index contributed by atoms with van der Waals surface area (Å²) in [5, 5.41) is 2.78. The maximum absolute atomic E-state index is 10.7. The average molecular weight is 193 g/mol. The molecule has 1 aliphatic carbocycles. The van der Waals surface area contributed by atoms with Crippen molar-refractivity contribution < 1.29 is 4.79 Å². The van der Waals surface area contributed by atoms with Crippen LogP contribution in [0.3, 0.4) is 0 Å². The molecule has 14 heavy (non-hydrogen) atoms. The summed E-state index contributed by atoms with van der Waals surface area (Å²) in [5.74, 6) is 1.87. The molecule has 1 aromatic rings. The van der Waals surface area contributed by atoms with E-state index in [1.54, 1.807) is 0 Å². The van der Waals surface area contributed by atoms with Crippen molar-refractivity contribution in [2.45, 2.75) is 32.2 Å². The van der Waals surface area contributed by atoms with Crippen LogP contribution < -0.4 is 5.32 Å². The van der Waals surface area contributed by atoms with Gasteiger partial charge in [0.15, 0.2) is 0 Å². The van der Waals surface area contributed by atoms with Crippen molar-refractivity contribution in [3.8, 4) is 0 Å². The van der Waals surface area contributed by atoms with Gasteiger partial charge >= 0.3 is 0 Å². The molecule has 1 amide bonds. The summed E-state index contributed by atoms with van der Waals surface area (Å²) in [4.78, 5) is 15.0. The van der Waals surface area contributed by atoms with Gasteiger partial charge in [0.25, 0.3) is 0 Å². The molecule has 4 nitrogen and oxygen atoms in total. The van der Waals surface area contributed by atoms with Crippen LogP contribution in [-0.4, -0.2) is 22.0 Å². The molecule has 1 heterocycles. The van der Waals surface area contributed by atoms with Crippen LogP contribution in [0.15, 0.2) is 12.4 Å². The second-order valence-electron chi connectivity index (χ2n) is 3.74. The third-order valence-electron chi connectivity index (χ3n) is 2.42. The first-order chi connectivity index (χ1) is 6.77. The Kier molecular flexibility index (Phi) is 2.52. The summed E-state index contributed by atoms with van der Waals surface area (Å²) in [6.07, 6.45) is 6.34. The van der Waals surface area contributed by atoms with E-state index in [9.17, 15) is 4.79 Å². The molecule has 2 rings (SSSR count). The summed E-state index contributed by atoms with van der Waals surface area (Å²) in [6.45, 7) is 3.05. The Bertz CT molecular complexity index is 328. The fraction of sp³-hybridized carbons (Fsp3) is 0.600. The van der Waals surface area contributed by atoms with Gasteiger partial charge in [-0.15, -0.1) is 0 Å². The number of hydrogen-bond donors (Lipinski definition) is 1. The highest BCUT2D eigenvalue weighted by Crippen LogP contribution is 2.38. The molecular formula is C10H15N3O. The van der Waals surface area contributed by atoms with Crippen LogP contribution in [0.5, 0.6) is 0 Å². The number of carbonyl (C=O) groups is 1. The van der Waals surface area contributed by atoms with Crippen LogP contribution in [-0.2, 0) is 11.3 Å². The highest BCUT2D eigenvalue weighted by molar-refractivity contribution is 5.72. The standard InChI is InChI=1S/C10H15N3O/c1-8(14)11-4-6-13-7-5-12-10(13)9-2-3-9/h5,7,9H,2-4,6H2,1H3,(H,11,14). The molecule has 0 atom stereocenters. The number of rotatable bonds is 4. The fourth-order valence-electron chi connectivity index (χ4n) is 1.56. The number of carbonyl (C=O) groups excluding carboxylic acids is 1. The molecule has 0 unspecified atom stereocenters. The lowest BCUT2D eigenvalue weighted by Crippen LogP contribution is -2.24. The van der Waals surface area contributed by atoms with Crippen molar-refractivity contribution in [3.05, 3.63) is 18.2 Å². The second-order valence-corrected chi connectivity index (χ2v) is 3.74. The quantitative estimate of drug-likeness (QED) is 0.772. The Morgan fingerprint density at radius 3 is 3.14 bits per heavy atom. The van der Waals surface area contributed by atoms with E-state index in [1.165, 1.54) is 25.6 Å². The van der Waals surface area contributed by atoms with Crippen LogP contribution in [0.1, 0.15) is 31.5 Å². The summed E-state index contributed by atoms with van der Waals surface area (Å²) in [7, 11) is 0. The van der Waals surface area contributed by atoms with E-state index in [2.05, 4.69) is 14.9 Å². The van der Waals surface area contributed by atoms with Gasteiger partial charge < -0.3 is 9.88 Å². The minimum atomic E-state index is 0.0260. The largest absolute Gasteiger partial charge is 0.355 e. The predicted octanol–water partition coefficient (Wildman–Crippen LogP) is 0.897. The summed E-state index contributed by atoms with van der Waals surface area (Å²) in [5.41, 5.74) is 0. The topological polar surface area (TPSA) is 46.9 Å². The lowest BCUT2D eigenvalue weighted by atomic mass is 10.4. The Balaban J connectivity index is 1.88. The Morgan fingerprint density at radius 2 is 2.50 bits per heavy atom. The predicted molar refractivity (Wildman–Crippen MR) is 52.9 cm³/mol. The van der Waals surface area contributed by atoms with E-state index in [4.69, 9.17) is 0 Å². The zero-order valence-electron chi connectivity index (χ0n) is 8.36. The normalized spacial score (nSPS) is 15.5. The lowest BCUT2D eigenvalue weighted by Gasteiger charge is -2.06. The number of imidazole rings is 1. The van der Waals surface area contributed by atoms with Crippen molar-refractivity contribution >= 4 is 5.91 Å². The molecule has 76 valence electrons. The number of nitrogens with one attached hydrogen (secondary N) is 1. The lowest BCUT2D eigenvalue weighted by molar-refractivity contribution is -0.118. The van der Waals surface area contributed by atoms with Gasteiger partial charge in [-0.25, -0.2) is 4.98 Å². The molecule has 1 fully saturated rings. The maximum atomic E-state index is 10.7. The molecular weight excluding hydrogens is 178 g/mol. The third-order valence-corrected chi connectivity index (χ3v) is 2.42. The van der Waals surface area contributed by atoms with E-state index in [-0.39, 0.29) is 5.91 Å². The first-order valence-corrected chi connectivity index (χ1v) is 5.03. The van der Waals surface area contributed by atoms with Gasteiger partial charge in [-0.2, -0.15) is 0 Å². The Labute approximate surface area is 83.3 Å². The zero-order chi connectivity index (χ0) is 9.97. The molecule has 1 N–H and O–H groups in total. The highest BCUT2D eigenvalue weighted by Gasteiger charge is 2.27. The third kappa shape index (κ3) is 2.13. The van der Waals surface area contributed by atoms with Gasteiger partial charge in [-0.05, 0) is 12.8 Å². The molecule has 1 saturated carbocycles. The summed E-state index contributed by atoms with van der Waals surface area (Å²) < 4.78 is 2.13. The van der Waals surface area contributed by atoms with Crippen molar-refractivity contribution in [3.63, 3.8) is 0 Å². The van der Waals surface area contributed by atoms with Gasteiger partial charge in [0.1, 0.15) is 5.82 Å². The highest BCUT2D eigenvalue weighted by atomic mass is 16.1. The van der Waals surface area contributed by atoms with Gasteiger partial charge in [-0.3, -0.25) is 4.79 Å². The SMILES string of the molecule is CC(=O)NCCn1ccnc1C1CC1.